The van der Waals surface area contributed by atoms with Crippen molar-refractivity contribution in [3.8, 4) is 0 Å². The van der Waals surface area contributed by atoms with E-state index in [1.165, 1.54) is 12.2 Å². The lowest BCUT2D eigenvalue weighted by Gasteiger charge is -2.29. The first kappa shape index (κ1) is 37.5. The van der Waals surface area contributed by atoms with Crippen molar-refractivity contribution in [2.24, 2.45) is 5.92 Å². The molecule has 0 spiro atoms. The Morgan fingerprint density at radius 1 is 0.771 bits per heavy atom. The van der Waals surface area contributed by atoms with Crippen LogP contribution in [-0.4, -0.2) is 65.8 Å². The zero-order valence-electron chi connectivity index (χ0n) is 27.1. The lowest BCUT2D eigenvalue weighted by atomic mass is 9.95. The van der Waals surface area contributed by atoms with Crippen LogP contribution in [0.15, 0.2) is 86.0 Å². The maximum Gasteiger partial charge on any atom is 0.408 e. The van der Waals surface area contributed by atoms with E-state index in [9.17, 15) is 29.1 Å². The molecule has 1 aliphatic carbocycles. The quantitative estimate of drug-likeness (QED) is 0.0996. The van der Waals surface area contributed by atoms with Crippen molar-refractivity contribution in [3.05, 3.63) is 97.1 Å². The molecule has 1 fully saturated rings. The molecule has 1 aliphatic rings. The molecular weight excluding hydrogens is 618 g/mol. The number of aliphatic hydroxyl groups excluding tert-OH is 1. The van der Waals surface area contributed by atoms with Crippen molar-refractivity contribution in [2.45, 2.75) is 75.8 Å². The smallest absolute Gasteiger partial charge is 0.408 e. The highest BCUT2D eigenvalue weighted by Crippen LogP contribution is 2.29. The van der Waals surface area contributed by atoms with E-state index in [2.05, 4.69) is 29.1 Å². The molecule has 3 amide bonds. The largest absolute Gasteiger partial charge is 0.461 e. The molecule has 258 valence electrons. The summed E-state index contributed by atoms with van der Waals surface area (Å²) in [5.74, 6) is -3.75. The minimum Gasteiger partial charge on any atom is -0.461 e. The zero-order chi connectivity index (χ0) is 34.8. The van der Waals surface area contributed by atoms with Crippen molar-refractivity contribution in [2.75, 3.05) is 13.2 Å². The summed E-state index contributed by atoms with van der Waals surface area (Å²) in [6.45, 7) is 6.36. The number of allylic oxidation sites excluding steroid dienone is 1. The predicted molar refractivity (Wildman–Crippen MR) is 177 cm³/mol. The number of carbonyl (C=O) groups excluding carboxylic acids is 5. The average molecular weight is 664 g/mol. The maximum atomic E-state index is 13.4. The number of hydrogen-bond donors (Lipinski definition) is 4. The monoisotopic (exact) mass is 663 g/mol. The molecule has 3 rings (SSSR count). The summed E-state index contributed by atoms with van der Waals surface area (Å²) in [7, 11) is 0. The molecule has 0 bridgehead atoms. The van der Waals surface area contributed by atoms with E-state index in [0.29, 0.717) is 18.4 Å². The predicted octanol–water partition coefficient (Wildman–Crippen LogP) is 3.63. The van der Waals surface area contributed by atoms with Crippen LogP contribution in [0.2, 0.25) is 0 Å². The molecule has 0 aromatic heterocycles. The zero-order valence-corrected chi connectivity index (χ0v) is 27.1. The Labute approximate surface area is 280 Å². The van der Waals surface area contributed by atoms with E-state index < -0.39 is 60.0 Å². The second-order valence-electron chi connectivity index (χ2n) is 11.7. The first-order chi connectivity index (χ1) is 23.2. The van der Waals surface area contributed by atoms with Crippen molar-refractivity contribution in [3.63, 3.8) is 0 Å². The van der Waals surface area contributed by atoms with Crippen LogP contribution in [0.4, 0.5) is 4.79 Å². The summed E-state index contributed by atoms with van der Waals surface area (Å²) in [6.07, 6.45) is 4.97. The fourth-order valence-corrected chi connectivity index (χ4v) is 5.27. The number of rotatable bonds is 19. The van der Waals surface area contributed by atoms with Crippen LogP contribution in [0, 0.1) is 5.92 Å². The third-order valence-electron chi connectivity index (χ3n) is 7.93. The number of aliphatic hydroxyl groups is 1. The second-order valence-corrected chi connectivity index (χ2v) is 11.7. The highest BCUT2D eigenvalue weighted by atomic mass is 16.6. The number of nitrogens with one attached hydrogen (secondary N) is 3. The number of amides is 3. The van der Waals surface area contributed by atoms with Gasteiger partial charge in [-0.15, -0.1) is 13.2 Å². The van der Waals surface area contributed by atoms with Gasteiger partial charge in [0.05, 0.1) is 18.1 Å². The Bertz CT molecular complexity index is 1380. The van der Waals surface area contributed by atoms with E-state index in [1.807, 2.05) is 12.1 Å². The van der Waals surface area contributed by atoms with Gasteiger partial charge in [-0.05, 0) is 36.8 Å². The van der Waals surface area contributed by atoms with Crippen LogP contribution in [0.25, 0.3) is 0 Å². The van der Waals surface area contributed by atoms with Crippen LogP contribution < -0.4 is 16.0 Å². The number of esters is 2. The van der Waals surface area contributed by atoms with E-state index in [-0.39, 0.29) is 39.1 Å². The van der Waals surface area contributed by atoms with Gasteiger partial charge in [0.25, 0.3) is 0 Å². The second kappa shape index (κ2) is 19.6. The van der Waals surface area contributed by atoms with Crippen molar-refractivity contribution >= 4 is 29.8 Å². The highest BCUT2D eigenvalue weighted by Gasteiger charge is 2.36. The molecule has 12 heteroatoms. The molecule has 1 saturated carbocycles. The molecule has 0 saturated heterocycles. The molecule has 4 N–H and O–H groups in total. The summed E-state index contributed by atoms with van der Waals surface area (Å²) < 4.78 is 16.0. The van der Waals surface area contributed by atoms with Gasteiger partial charge in [-0.1, -0.05) is 85.7 Å². The Hall–Kier alpha value is -4.97. The Morgan fingerprint density at radius 2 is 1.33 bits per heavy atom. The molecule has 3 unspecified atom stereocenters. The Morgan fingerprint density at radius 3 is 1.90 bits per heavy atom. The summed E-state index contributed by atoms with van der Waals surface area (Å²) in [5.41, 5.74) is 0.735. The van der Waals surface area contributed by atoms with Gasteiger partial charge in [0, 0.05) is 6.42 Å². The number of benzene rings is 2. The fraction of sp³-hybridized carbons (Fsp3) is 0.417. The van der Waals surface area contributed by atoms with Gasteiger partial charge in [-0.2, -0.15) is 0 Å². The standard InChI is InChI=1S/C36H45N3O9/c1-3-13-28(21-31(41)39-36(25-40)19-11-12-20-36)32(42)37-30(34(44)46-22-26-15-7-5-8-16-26)24-47-33(43)29(14-4-2)38-35(45)48-23-27-17-9-6-10-18-27/h3-10,15-18,28-30,40H,1-2,11-14,19-25H2,(H,37,42)(H,38,45)(H,39,41). The molecule has 0 heterocycles. The van der Waals surface area contributed by atoms with Crippen molar-refractivity contribution in [1.82, 2.24) is 16.0 Å². The van der Waals surface area contributed by atoms with Crippen LogP contribution >= 0.6 is 0 Å². The Kier molecular flexibility index (Phi) is 15.3. The van der Waals surface area contributed by atoms with Crippen LogP contribution in [-0.2, 0) is 46.6 Å². The fourth-order valence-electron chi connectivity index (χ4n) is 5.27. The van der Waals surface area contributed by atoms with Gasteiger partial charge in [0.1, 0.15) is 25.9 Å². The van der Waals surface area contributed by atoms with Gasteiger partial charge >= 0.3 is 18.0 Å². The van der Waals surface area contributed by atoms with E-state index in [1.54, 1.807) is 48.5 Å². The topological polar surface area (TPSA) is 169 Å². The number of carbonyl (C=O) groups is 5. The lowest BCUT2D eigenvalue weighted by Crippen LogP contribution is -2.51. The molecule has 0 radical (unpaired) electrons. The molecule has 48 heavy (non-hydrogen) atoms. The highest BCUT2D eigenvalue weighted by molar-refractivity contribution is 5.90. The molecule has 2 aromatic rings. The maximum absolute atomic E-state index is 13.4. The van der Waals surface area contributed by atoms with E-state index in [4.69, 9.17) is 14.2 Å². The molecule has 0 aliphatic heterocycles. The normalized spacial score (nSPS) is 15.1. The SMILES string of the molecule is C=CCC(CC(=O)NC1(CO)CCCC1)C(=O)NC(COC(=O)C(CC=C)NC(=O)OCc1ccccc1)C(=O)OCc1ccccc1. The average Bonchev–Trinajstić information content (AvgIpc) is 3.57. The summed E-state index contributed by atoms with van der Waals surface area (Å²) >= 11 is 0. The van der Waals surface area contributed by atoms with Crippen LogP contribution in [0.3, 0.4) is 0 Å². The van der Waals surface area contributed by atoms with Crippen molar-refractivity contribution < 1.29 is 43.3 Å². The van der Waals surface area contributed by atoms with E-state index in [0.717, 1.165) is 18.4 Å². The third-order valence-corrected chi connectivity index (χ3v) is 7.93. The van der Waals surface area contributed by atoms with Crippen LogP contribution in [0.5, 0.6) is 0 Å². The first-order valence-corrected chi connectivity index (χ1v) is 16.0. The number of hydrogen-bond acceptors (Lipinski definition) is 9. The van der Waals surface area contributed by atoms with Gasteiger partial charge in [-0.3, -0.25) is 9.59 Å². The lowest BCUT2D eigenvalue weighted by molar-refractivity contribution is -0.156. The first-order valence-electron chi connectivity index (χ1n) is 16.0. The molecule has 3 atom stereocenters. The minimum atomic E-state index is -1.44. The number of ether oxygens (including phenoxy) is 3. The van der Waals surface area contributed by atoms with Gasteiger partial charge in [0.15, 0.2) is 6.04 Å². The van der Waals surface area contributed by atoms with Gasteiger partial charge < -0.3 is 35.3 Å². The third kappa shape index (κ3) is 12.3. The summed E-state index contributed by atoms with van der Waals surface area (Å²) in [4.78, 5) is 65.1. The van der Waals surface area contributed by atoms with E-state index >= 15 is 0 Å². The minimum absolute atomic E-state index is 0.000596. The van der Waals surface area contributed by atoms with Crippen LogP contribution in [0.1, 0.15) is 56.1 Å². The van der Waals surface area contributed by atoms with Gasteiger partial charge in [0.2, 0.25) is 11.8 Å². The summed E-state index contributed by atoms with van der Waals surface area (Å²) in [5, 5.41) is 17.8. The summed E-state index contributed by atoms with van der Waals surface area (Å²) in [6, 6.07) is 15.2. The molecule has 2 aromatic carbocycles. The molecule has 12 nitrogen and oxygen atoms in total. The van der Waals surface area contributed by atoms with Crippen molar-refractivity contribution in [1.29, 1.82) is 0 Å². The molecular formula is C36H45N3O9. The van der Waals surface area contributed by atoms with Gasteiger partial charge in [-0.25, -0.2) is 14.4 Å². The Balaban J connectivity index is 1.66. The number of alkyl carbamates (subject to hydrolysis) is 1.